The first-order valence-electron chi connectivity index (χ1n) is 7.93. The van der Waals surface area contributed by atoms with Crippen LogP contribution >= 0.6 is 0 Å². The van der Waals surface area contributed by atoms with Gasteiger partial charge in [0.1, 0.15) is 6.54 Å². The van der Waals surface area contributed by atoms with E-state index in [0.29, 0.717) is 5.56 Å². The lowest BCUT2D eigenvalue weighted by atomic mass is 10.2. The summed E-state index contributed by atoms with van der Waals surface area (Å²) in [6, 6.07) is 11.6. The molecule has 0 fully saturated rings. The molecule has 2 aromatic heterocycles. The Morgan fingerprint density at radius 1 is 1.07 bits per heavy atom. The summed E-state index contributed by atoms with van der Waals surface area (Å²) in [7, 11) is 0. The third-order valence-corrected chi connectivity index (χ3v) is 4.01. The second-order valence-corrected chi connectivity index (χ2v) is 5.82. The number of halogens is 3. The number of fused-ring (bicyclic) bond motifs is 1. The monoisotopic (exact) mass is 389 g/mol. The third-order valence-electron chi connectivity index (χ3n) is 4.01. The standard InChI is InChI=1S/C17H10F3N5O3/c18-17(19,20)16-21-12-3-1-2-4-13(12)24(16)9-14-22-15(23-28-14)10-5-7-11(8-6-10)25(26)27/h1-8H,9H2. The van der Waals surface area contributed by atoms with Crippen LogP contribution in [0.5, 0.6) is 0 Å². The van der Waals surface area contributed by atoms with E-state index in [9.17, 15) is 23.3 Å². The average molecular weight is 389 g/mol. The molecule has 4 rings (SSSR count). The SMILES string of the molecule is O=[N+]([O-])c1ccc(-c2noc(Cn3c(C(F)(F)F)nc4ccccc43)n2)cc1. The van der Waals surface area contributed by atoms with Crippen LogP contribution in [0, 0.1) is 10.1 Å². The zero-order valence-corrected chi connectivity index (χ0v) is 13.9. The lowest BCUT2D eigenvalue weighted by molar-refractivity contribution is -0.384. The minimum atomic E-state index is -4.65. The Bertz CT molecular complexity index is 1160. The van der Waals surface area contributed by atoms with Gasteiger partial charge >= 0.3 is 6.18 Å². The van der Waals surface area contributed by atoms with Crippen LogP contribution in [0.2, 0.25) is 0 Å². The van der Waals surface area contributed by atoms with Crippen LogP contribution in [0.3, 0.4) is 0 Å². The molecule has 0 saturated heterocycles. The Hall–Kier alpha value is -3.76. The summed E-state index contributed by atoms with van der Waals surface area (Å²) in [4.78, 5) is 17.9. The van der Waals surface area contributed by atoms with Crippen molar-refractivity contribution in [3.05, 3.63) is 70.4 Å². The molecule has 11 heteroatoms. The average Bonchev–Trinajstić information content (AvgIpc) is 3.27. The van der Waals surface area contributed by atoms with E-state index in [1.165, 1.54) is 36.4 Å². The molecule has 0 amide bonds. The summed E-state index contributed by atoms with van der Waals surface area (Å²) in [6.45, 7) is -0.324. The quantitative estimate of drug-likeness (QED) is 0.385. The van der Waals surface area contributed by atoms with Gasteiger partial charge in [0.15, 0.2) is 0 Å². The van der Waals surface area contributed by atoms with Gasteiger partial charge in [-0.15, -0.1) is 0 Å². The van der Waals surface area contributed by atoms with Crippen LogP contribution in [0.15, 0.2) is 53.1 Å². The molecule has 0 aliphatic carbocycles. The molecule has 2 heterocycles. The highest BCUT2D eigenvalue weighted by Gasteiger charge is 2.38. The van der Waals surface area contributed by atoms with E-state index >= 15 is 0 Å². The summed E-state index contributed by atoms with van der Waals surface area (Å²) < 4.78 is 46.1. The molecule has 0 atom stereocenters. The largest absolute Gasteiger partial charge is 0.449 e. The van der Waals surface area contributed by atoms with Gasteiger partial charge in [-0.05, 0) is 24.3 Å². The first-order chi connectivity index (χ1) is 13.3. The molecule has 2 aromatic carbocycles. The Morgan fingerprint density at radius 3 is 2.46 bits per heavy atom. The number of hydrogen-bond donors (Lipinski definition) is 0. The number of alkyl halides is 3. The van der Waals surface area contributed by atoms with Crippen LogP contribution in [0.1, 0.15) is 11.7 Å². The number of para-hydroxylation sites is 2. The van der Waals surface area contributed by atoms with Crippen LogP contribution in [-0.4, -0.2) is 24.6 Å². The summed E-state index contributed by atoms with van der Waals surface area (Å²) in [5.41, 5.74) is 0.814. The fourth-order valence-electron chi connectivity index (χ4n) is 2.76. The van der Waals surface area contributed by atoms with Gasteiger partial charge in [-0.1, -0.05) is 17.3 Å². The topological polar surface area (TPSA) is 99.9 Å². The molecule has 8 nitrogen and oxygen atoms in total. The number of hydrogen-bond acceptors (Lipinski definition) is 6. The lowest BCUT2D eigenvalue weighted by Gasteiger charge is -2.08. The number of nitro benzene ring substituents is 1. The predicted molar refractivity (Wildman–Crippen MR) is 90.2 cm³/mol. The number of rotatable bonds is 4. The van der Waals surface area contributed by atoms with Crippen LogP contribution < -0.4 is 0 Å². The predicted octanol–water partition coefficient (Wildman–Crippen LogP) is 4.06. The van der Waals surface area contributed by atoms with Crippen molar-refractivity contribution >= 4 is 16.7 Å². The minimum absolute atomic E-state index is 0.0537. The number of imidazole rings is 1. The molecular weight excluding hydrogens is 379 g/mol. The molecule has 28 heavy (non-hydrogen) atoms. The molecule has 0 unspecified atom stereocenters. The maximum absolute atomic E-state index is 13.4. The number of nitro groups is 1. The van der Waals surface area contributed by atoms with Crippen LogP contribution in [-0.2, 0) is 12.7 Å². The lowest BCUT2D eigenvalue weighted by Crippen LogP contribution is -2.15. The smallest absolute Gasteiger partial charge is 0.337 e. The molecule has 4 aromatic rings. The van der Waals surface area contributed by atoms with Gasteiger partial charge in [0, 0.05) is 17.7 Å². The third kappa shape index (κ3) is 3.17. The van der Waals surface area contributed by atoms with Crippen LogP contribution in [0.4, 0.5) is 18.9 Å². The molecule has 0 N–H and O–H groups in total. The first kappa shape index (κ1) is 17.6. The van der Waals surface area contributed by atoms with E-state index in [2.05, 4.69) is 15.1 Å². The van der Waals surface area contributed by atoms with Gasteiger partial charge in [0.25, 0.3) is 5.69 Å². The van der Waals surface area contributed by atoms with Crippen molar-refractivity contribution in [1.82, 2.24) is 19.7 Å². The maximum Gasteiger partial charge on any atom is 0.449 e. The summed E-state index contributed by atoms with van der Waals surface area (Å²) >= 11 is 0. The number of benzene rings is 2. The minimum Gasteiger partial charge on any atom is -0.337 e. The Labute approximate surface area is 154 Å². The van der Waals surface area contributed by atoms with Crippen molar-refractivity contribution < 1.29 is 22.6 Å². The van der Waals surface area contributed by atoms with Gasteiger partial charge in [-0.2, -0.15) is 18.2 Å². The fourth-order valence-corrected chi connectivity index (χ4v) is 2.76. The van der Waals surface area contributed by atoms with Crippen molar-refractivity contribution in [1.29, 1.82) is 0 Å². The zero-order chi connectivity index (χ0) is 19.9. The second-order valence-electron chi connectivity index (χ2n) is 5.82. The normalized spacial score (nSPS) is 11.8. The molecule has 0 spiro atoms. The van der Waals surface area contributed by atoms with Crippen molar-refractivity contribution in [2.24, 2.45) is 0 Å². The number of non-ortho nitro benzene ring substituents is 1. The van der Waals surface area contributed by atoms with E-state index in [1.54, 1.807) is 12.1 Å². The van der Waals surface area contributed by atoms with Crippen molar-refractivity contribution in [3.63, 3.8) is 0 Å². The highest BCUT2D eigenvalue weighted by molar-refractivity contribution is 5.76. The fraction of sp³-hybridized carbons (Fsp3) is 0.118. The number of nitrogens with zero attached hydrogens (tertiary/aromatic N) is 5. The summed E-state index contributed by atoms with van der Waals surface area (Å²) in [5, 5.41) is 14.4. The molecule has 0 aliphatic rings. The van der Waals surface area contributed by atoms with Crippen molar-refractivity contribution in [2.45, 2.75) is 12.7 Å². The van der Waals surface area contributed by atoms with Gasteiger partial charge < -0.3 is 9.09 Å². The van der Waals surface area contributed by atoms with Crippen molar-refractivity contribution in [2.75, 3.05) is 0 Å². The van der Waals surface area contributed by atoms with E-state index in [0.717, 1.165) is 4.57 Å². The van der Waals surface area contributed by atoms with Crippen molar-refractivity contribution in [3.8, 4) is 11.4 Å². The van der Waals surface area contributed by atoms with E-state index < -0.39 is 16.9 Å². The molecule has 0 bridgehead atoms. The molecule has 0 aliphatic heterocycles. The zero-order valence-electron chi connectivity index (χ0n) is 13.9. The Morgan fingerprint density at radius 2 is 1.79 bits per heavy atom. The van der Waals surface area contributed by atoms with Gasteiger partial charge in [0.2, 0.25) is 17.5 Å². The van der Waals surface area contributed by atoms with Gasteiger partial charge in [0.05, 0.1) is 16.0 Å². The highest BCUT2D eigenvalue weighted by atomic mass is 19.4. The Kier molecular flexibility index (Phi) is 4.06. The number of aromatic nitrogens is 4. The molecule has 142 valence electrons. The van der Waals surface area contributed by atoms with E-state index in [4.69, 9.17) is 4.52 Å². The Balaban J connectivity index is 1.68. The van der Waals surface area contributed by atoms with E-state index in [-0.39, 0.29) is 35.0 Å². The summed E-state index contributed by atoms with van der Waals surface area (Å²) in [5.74, 6) is -1.01. The molecule has 0 radical (unpaired) electrons. The first-order valence-corrected chi connectivity index (χ1v) is 7.93. The van der Waals surface area contributed by atoms with Gasteiger partial charge in [-0.25, -0.2) is 4.98 Å². The second kappa shape index (κ2) is 6.44. The maximum atomic E-state index is 13.4. The van der Waals surface area contributed by atoms with Gasteiger partial charge in [-0.3, -0.25) is 10.1 Å². The molecule has 0 saturated carbocycles. The van der Waals surface area contributed by atoms with E-state index in [1.807, 2.05) is 0 Å². The highest BCUT2D eigenvalue weighted by Crippen LogP contribution is 2.32. The summed E-state index contributed by atoms with van der Waals surface area (Å²) in [6.07, 6.45) is -4.65. The van der Waals surface area contributed by atoms with Crippen LogP contribution in [0.25, 0.3) is 22.4 Å². The molecular formula is C17H10F3N5O3.